The van der Waals surface area contributed by atoms with Gasteiger partial charge >= 0.3 is 0 Å². The van der Waals surface area contributed by atoms with E-state index in [2.05, 4.69) is 39.5 Å². The van der Waals surface area contributed by atoms with E-state index in [-0.39, 0.29) is 6.04 Å². The molecule has 4 rings (SSSR count). The van der Waals surface area contributed by atoms with Crippen LogP contribution in [0.25, 0.3) is 23.0 Å². The van der Waals surface area contributed by atoms with E-state index in [0.29, 0.717) is 17.4 Å². The van der Waals surface area contributed by atoms with E-state index >= 15 is 0 Å². The van der Waals surface area contributed by atoms with Crippen molar-refractivity contribution in [2.75, 3.05) is 5.32 Å². The van der Waals surface area contributed by atoms with Crippen LogP contribution >= 0.6 is 0 Å². The molecule has 4 aromatic rings. The summed E-state index contributed by atoms with van der Waals surface area (Å²) in [4.78, 5) is 4.46. The number of aromatic nitrogens is 4. The third-order valence-electron chi connectivity index (χ3n) is 3.80. The number of nitrogens with zero attached hydrogens (tertiary/aromatic N) is 3. The number of anilines is 1. The zero-order valence-electron chi connectivity index (χ0n) is 15.0. The number of hydrogen-bond donors (Lipinski definition) is 2. The van der Waals surface area contributed by atoms with Gasteiger partial charge in [0.2, 0.25) is 5.82 Å². The van der Waals surface area contributed by atoms with Crippen LogP contribution in [-0.2, 0) is 0 Å². The third kappa shape index (κ3) is 3.82. The van der Waals surface area contributed by atoms with Gasteiger partial charge in [-0.05, 0) is 50.2 Å². The molecule has 0 aliphatic heterocycles. The monoisotopic (exact) mass is 361 g/mol. The van der Waals surface area contributed by atoms with Gasteiger partial charge in [0.05, 0.1) is 5.69 Å². The maximum atomic E-state index is 5.80. The molecule has 2 heterocycles. The summed E-state index contributed by atoms with van der Waals surface area (Å²) in [6, 6.07) is 17.4. The number of ether oxygens (including phenoxy) is 1. The van der Waals surface area contributed by atoms with Crippen molar-refractivity contribution in [3.63, 3.8) is 0 Å². The lowest BCUT2D eigenvalue weighted by Gasteiger charge is -2.07. The lowest BCUT2D eigenvalue weighted by Crippen LogP contribution is -2.09. The molecule has 0 atom stereocenters. The fraction of sp³-hybridized carbons (Fsp3) is 0.150. The quantitative estimate of drug-likeness (QED) is 0.516. The average molecular weight is 361 g/mol. The van der Waals surface area contributed by atoms with E-state index in [4.69, 9.17) is 9.26 Å². The number of rotatable bonds is 6. The van der Waals surface area contributed by atoms with Gasteiger partial charge < -0.3 is 14.6 Å². The summed E-state index contributed by atoms with van der Waals surface area (Å²) >= 11 is 0. The van der Waals surface area contributed by atoms with Crippen molar-refractivity contribution >= 4 is 5.69 Å². The maximum Gasteiger partial charge on any atom is 0.280 e. The first kappa shape index (κ1) is 16.8. The summed E-state index contributed by atoms with van der Waals surface area (Å²) in [5.41, 5.74) is 2.26. The van der Waals surface area contributed by atoms with E-state index in [1.807, 2.05) is 54.6 Å². The molecule has 0 saturated heterocycles. The van der Waals surface area contributed by atoms with Gasteiger partial charge in [-0.3, -0.25) is 5.10 Å². The van der Waals surface area contributed by atoms with E-state index in [1.165, 1.54) is 0 Å². The standard InChI is InChI=1S/C20H19N5O2/c1-13(2)22-17-12-21-24-18(17)20-23-19(25-27-20)14-8-10-16(11-9-14)26-15-6-4-3-5-7-15/h3-13,22H,1-2H3,(H,21,24). The second kappa shape index (κ2) is 7.33. The van der Waals surface area contributed by atoms with Crippen molar-refractivity contribution < 1.29 is 9.26 Å². The van der Waals surface area contributed by atoms with E-state index in [1.54, 1.807) is 6.20 Å². The molecule has 2 aromatic heterocycles. The highest BCUT2D eigenvalue weighted by Gasteiger charge is 2.17. The van der Waals surface area contributed by atoms with Crippen LogP contribution in [0.1, 0.15) is 13.8 Å². The van der Waals surface area contributed by atoms with Crippen molar-refractivity contribution in [2.24, 2.45) is 0 Å². The Morgan fingerprint density at radius 1 is 1.00 bits per heavy atom. The summed E-state index contributed by atoms with van der Waals surface area (Å²) in [6.07, 6.45) is 1.77. The van der Waals surface area contributed by atoms with Gasteiger partial charge in [0, 0.05) is 17.8 Å². The molecule has 0 unspecified atom stereocenters. The van der Waals surface area contributed by atoms with Gasteiger partial charge in [-0.25, -0.2) is 0 Å². The highest BCUT2D eigenvalue weighted by molar-refractivity contribution is 5.69. The molecule has 0 aliphatic carbocycles. The molecular weight excluding hydrogens is 342 g/mol. The van der Waals surface area contributed by atoms with E-state index in [0.717, 1.165) is 22.7 Å². The normalized spacial score (nSPS) is 10.9. The van der Waals surface area contributed by atoms with Crippen LogP contribution in [0.2, 0.25) is 0 Å². The maximum absolute atomic E-state index is 5.80. The Kier molecular flexibility index (Phi) is 4.57. The molecule has 136 valence electrons. The lowest BCUT2D eigenvalue weighted by molar-refractivity contribution is 0.431. The number of hydrogen-bond acceptors (Lipinski definition) is 6. The van der Waals surface area contributed by atoms with Gasteiger partial charge in [-0.15, -0.1) is 0 Å². The Balaban J connectivity index is 1.53. The Labute approximate surface area is 156 Å². The van der Waals surface area contributed by atoms with Crippen molar-refractivity contribution in [2.45, 2.75) is 19.9 Å². The summed E-state index contributed by atoms with van der Waals surface area (Å²) in [7, 11) is 0. The number of benzene rings is 2. The predicted octanol–water partition coefficient (Wildman–Crippen LogP) is 4.74. The van der Waals surface area contributed by atoms with Crippen molar-refractivity contribution in [1.29, 1.82) is 0 Å². The van der Waals surface area contributed by atoms with Gasteiger partial charge in [-0.2, -0.15) is 10.1 Å². The number of aromatic amines is 1. The second-order valence-corrected chi connectivity index (χ2v) is 6.31. The van der Waals surface area contributed by atoms with E-state index < -0.39 is 0 Å². The van der Waals surface area contributed by atoms with Crippen molar-refractivity contribution in [1.82, 2.24) is 20.3 Å². The first-order valence-electron chi connectivity index (χ1n) is 8.67. The summed E-state index contributed by atoms with van der Waals surface area (Å²) < 4.78 is 11.2. The molecule has 27 heavy (non-hydrogen) atoms. The third-order valence-corrected chi connectivity index (χ3v) is 3.80. The second-order valence-electron chi connectivity index (χ2n) is 6.31. The topological polar surface area (TPSA) is 88.9 Å². The molecule has 7 heteroatoms. The largest absolute Gasteiger partial charge is 0.457 e. The minimum Gasteiger partial charge on any atom is -0.457 e. The van der Waals surface area contributed by atoms with Gasteiger partial charge in [0.25, 0.3) is 5.89 Å². The molecule has 0 radical (unpaired) electrons. The summed E-state index contributed by atoms with van der Waals surface area (Å²) in [5, 5.41) is 14.4. The average Bonchev–Trinajstić information content (AvgIpc) is 3.32. The van der Waals surface area contributed by atoms with E-state index in [9.17, 15) is 0 Å². The van der Waals surface area contributed by atoms with Crippen LogP contribution < -0.4 is 10.1 Å². The number of nitrogens with one attached hydrogen (secondary N) is 2. The number of H-pyrrole nitrogens is 1. The highest BCUT2D eigenvalue weighted by Crippen LogP contribution is 2.28. The molecule has 2 aromatic carbocycles. The fourth-order valence-corrected chi connectivity index (χ4v) is 2.61. The first-order chi connectivity index (χ1) is 13.2. The first-order valence-corrected chi connectivity index (χ1v) is 8.67. The van der Waals surface area contributed by atoms with Crippen LogP contribution in [0.15, 0.2) is 65.3 Å². The van der Waals surface area contributed by atoms with Crippen LogP contribution in [0.3, 0.4) is 0 Å². The van der Waals surface area contributed by atoms with Crippen molar-refractivity contribution in [3.05, 3.63) is 60.8 Å². The SMILES string of the molecule is CC(C)Nc1c[nH]nc1-c1nc(-c2ccc(Oc3ccccc3)cc2)no1. The Morgan fingerprint density at radius 3 is 2.48 bits per heavy atom. The Bertz CT molecular complexity index is 1010. The highest BCUT2D eigenvalue weighted by atomic mass is 16.5. The molecule has 0 aliphatic rings. The van der Waals surface area contributed by atoms with Crippen LogP contribution in [0.5, 0.6) is 11.5 Å². The fourth-order valence-electron chi connectivity index (χ4n) is 2.61. The van der Waals surface area contributed by atoms with Crippen LogP contribution in [0.4, 0.5) is 5.69 Å². The zero-order valence-corrected chi connectivity index (χ0v) is 15.0. The smallest absolute Gasteiger partial charge is 0.280 e. The zero-order chi connectivity index (χ0) is 18.6. The molecule has 0 amide bonds. The van der Waals surface area contributed by atoms with Crippen LogP contribution in [0, 0.1) is 0 Å². The number of para-hydroxylation sites is 1. The molecule has 2 N–H and O–H groups in total. The molecular formula is C20H19N5O2. The van der Waals surface area contributed by atoms with Crippen molar-refractivity contribution in [3.8, 4) is 34.5 Å². The molecule has 0 spiro atoms. The molecule has 0 bridgehead atoms. The van der Waals surface area contributed by atoms with Gasteiger partial charge in [0.15, 0.2) is 5.69 Å². The summed E-state index contributed by atoms with van der Waals surface area (Å²) in [6.45, 7) is 4.10. The lowest BCUT2D eigenvalue weighted by atomic mass is 10.2. The minimum atomic E-state index is 0.265. The van der Waals surface area contributed by atoms with Crippen LogP contribution in [-0.4, -0.2) is 26.4 Å². The predicted molar refractivity (Wildman–Crippen MR) is 103 cm³/mol. The molecule has 7 nitrogen and oxygen atoms in total. The Hall–Kier alpha value is -3.61. The van der Waals surface area contributed by atoms with Gasteiger partial charge in [-0.1, -0.05) is 23.4 Å². The molecule has 0 saturated carbocycles. The van der Waals surface area contributed by atoms with Gasteiger partial charge in [0.1, 0.15) is 11.5 Å². The minimum absolute atomic E-state index is 0.265. The Morgan fingerprint density at radius 2 is 1.74 bits per heavy atom. The summed E-state index contributed by atoms with van der Waals surface area (Å²) in [5.74, 6) is 2.38. The molecule has 0 fully saturated rings.